The number of carbonyl (C=O) groups is 1. The van der Waals surface area contributed by atoms with Gasteiger partial charge in [-0.05, 0) is 24.5 Å². The number of nitrogens with zero attached hydrogens (tertiary/aromatic N) is 1. The van der Waals surface area contributed by atoms with Crippen molar-refractivity contribution in [3.05, 3.63) is 24.0 Å². The molecule has 17 heavy (non-hydrogen) atoms. The zero-order valence-corrected chi connectivity index (χ0v) is 9.84. The first-order valence-corrected chi connectivity index (χ1v) is 5.39. The Morgan fingerprint density at radius 2 is 2.18 bits per heavy atom. The number of aliphatic hydroxyl groups excluding tert-OH is 1. The number of methoxy groups -OCH3 is 2. The number of esters is 1. The average Bonchev–Trinajstić information content (AvgIpc) is 3.18. The smallest absolute Gasteiger partial charge is 0.335 e. The number of rotatable bonds is 4. The predicted octanol–water partition coefficient (Wildman–Crippen LogP) is 0.656. The molecule has 5 heteroatoms. The lowest BCUT2D eigenvalue weighted by Gasteiger charge is -2.20. The number of hydrogen-bond donors (Lipinski definition) is 1. The van der Waals surface area contributed by atoms with E-state index in [0.29, 0.717) is 5.75 Å². The van der Waals surface area contributed by atoms with Gasteiger partial charge in [-0.2, -0.15) is 0 Å². The van der Waals surface area contributed by atoms with Crippen LogP contribution in [0.15, 0.2) is 18.5 Å². The molecule has 0 bridgehead atoms. The maximum atomic E-state index is 11.4. The van der Waals surface area contributed by atoms with Crippen LogP contribution >= 0.6 is 0 Å². The van der Waals surface area contributed by atoms with Crippen molar-refractivity contribution in [3.8, 4) is 5.75 Å². The molecule has 1 aromatic rings. The molecule has 1 heterocycles. The Morgan fingerprint density at radius 1 is 1.47 bits per heavy atom. The normalized spacial score (nSPS) is 18.3. The Kier molecular flexibility index (Phi) is 3.02. The molecule has 1 N–H and O–H groups in total. The van der Waals surface area contributed by atoms with Crippen molar-refractivity contribution in [3.63, 3.8) is 0 Å². The molecule has 0 radical (unpaired) electrons. The van der Waals surface area contributed by atoms with Crippen LogP contribution < -0.4 is 4.74 Å². The summed E-state index contributed by atoms with van der Waals surface area (Å²) in [6, 6.07) is 1.80. The van der Waals surface area contributed by atoms with Gasteiger partial charge in [0.15, 0.2) is 6.10 Å². The second-order valence-electron chi connectivity index (χ2n) is 4.20. The Morgan fingerprint density at radius 3 is 2.71 bits per heavy atom. The van der Waals surface area contributed by atoms with Gasteiger partial charge in [0.05, 0.1) is 20.4 Å². The van der Waals surface area contributed by atoms with Crippen molar-refractivity contribution < 1.29 is 19.4 Å². The second-order valence-corrected chi connectivity index (χ2v) is 4.20. The number of aliphatic hydroxyl groups is 1. The van der Waals surface area contributed by atoms with Gasteiger partial charge in [-0.15, -0.1) is 0 Å². The summed E-state index contributed by atoms with van der Waals surface area (Å²) in [5.41, 5.74) is 0.268. The van der Waals surface area contributed by atoms with E-state index in [1.54, 1.807) is 25.6 Å². The molecule has 1 aliphatic rings. The van der Waals surface area contributed by atoms with Crippen molar-refractivity contribution in [2.24, 2.45) is 0 Å². The van der Waals surface area contributed by atoms with Crippen LogP contribution in [0.4, 0.5) is 0 Å². The SMILES string of the molecule is COC(=O)C(O)C1(c2cncc(OC)c2)CC1. The van der Waals surface area contributed by atoms with Crippen LogP contribution in [-0.2, 0) is 14.9 Å². The van der Waals surface area contributed by atoms with Gasteiger partial charge in [0.25, 0.3) is 0 Å². The van der Waals surface area contributed by atoms with Crippen LogP contribution in [0.3, 0.4) is 0 Å². The lowest BCUT2D eigenvalue weighted by atomic mass is 9.91. The molecule has 1 atom stereocenters. The summed E-state index contributed by atoms with van der Waals surface area (Å²) in [5.74, 6) is 0.0103. The Balaban J connectivity index is 2.29. The molecule has 0 aliphatic heterocycles. The molecule has 1 saturated carbocycles. The topological polar surface area (TPSA) is 68.7 Å². The van der Waals surface area contributed by atoms with Gasteiger partial charge in [0.1, 0.15) is 5.75 Å². The van der Waals surface area contributed by atoms with Gasteiger partial charge < -0.3 is 14.6 Å². The second kappa shape index (κ2) is 4.33. The van der Waals surface area contributed by atoms with E-state index in [-0.39, 0.29) is 0 Å². The summed E-state index contributed by atoms with van der Waals surface area (Å²) in [6.45, 7) is 0. The summed E-state index contributed by atoms with van der Waals surface area (Å²) in [7, 11) is 2.82. The maximum Gasteiger partial charge on any atom is 0.335 e. The molecule has 1 unspecified atom stereocenters. The van der Waals surface area contributed by atoms with E-state index >= 15 is 0 Å². The highest BCUT2D eigenvalue weighted by atomic mass is 16.5. The van der Waals surface area contributed by atoms with E-state index in [4.69, 9.17) is 4.74 Å². The minimum atomic E-state index is -1.14. The quantitative estimate of drug-likeness (QED) is 0.779. The van der Waals surface area contributed by atoms with Crippen LogP contribution in [0, 0.1) is 0 Å². The molecule has 1 aromatic heterocycles. The minimum Gasteiger partial charge on any atom is -0.495 e. The molecular formula is C12H15NO4. The van der Waals surface area contributed by atoms with E-state index in [1.165, 1.54) is 7.11 Å². The number of carbonyl (C=O) groups excluding carboxylic acids is 1. The number of ether oxygens (including phenoxy) is 2. The highest BCUT2D eigenvalue weighted by molar-refractivity contribution is 5.77. The molecule has 0 saturated heterocycles. The molecular weight excluding hydrogens is 222 g/mol. The summed E-state index contributed by atoms with van der Waals surface area (Å²) in [4.78, 5) is 15.4. The molecule has 0 amide bonds. The maximum absolute atomic E-state index is 11.4. The third-order valence-electron chi connectivity index (χ3n) is 3.26. The monoisotopic (exact) mass is 237 g/mol. The van der Waals surface area contributed by atoms with Gasteiger partial charge in [0.2, 0.25) is 0 Å². The molecule has 2 rings (SSSR count). The zero-order chi connectivity index (χ0) is 12.5. The molecule has 1 fully saturated rings. The van der Waals surface area contributed by atoms with Crippen LogP contribution in [0.2, 0.25) is 0 Å². The summed E-state index contributed by atoms with van der Waals surface area (Å²) < 4.78 is 9.66. The van der Waals surface area contributed by atoms with Crippen LogP contribution in [0.5, 0.6) is 5.75 Å². The van der Waals surface area contributed by atoms with Gasteiger partial charge in [-0.25, -0.2) is 4.79 Å². The van der Waals surface area contributed by atoms with E-state index < -0.39 is 17.5 Å². The Labute approximate surface area is 99.4 Å². The third kappa shape index (κ3) is 1.98. The molecule has 0 aromatic carbocycles. The predicted molar refractivity (Wildman–Crippen MR) is 59.7 cm³/mol. The van der Waals surface area contributed by atoms with Crippen LogP contribution in [0.1, 0.15) is 18.4 Å². The Hall–Kier alpha value is -1.62. The summed E-state index contributed by atoms with van der Waals surface area (Å²) in [6.07, 6.45) is 3.60. The fraction of sp³-hybridized carbons (Fsp3) is 0.500. The molecule has 92 valence electrons. The van der Waals surface area contributed by atoms with Crippen LogP contribution in [-0.4, -0.2) is 36.4 Å². The highest BCUT2D eigenvalue weighted by Gasteiger charge is 2.54. The lowest BCUT2D eigenvalue weighted by molar-refractivity contribution is -0.152. The molecule has 1 aliphatic carbocycles. The first kappa shape index (κ1) is 11.9. The standard InChI is InChI=1S/C12H15NO4/c1-16-9-5-8(6-13-7-9)12(3-4-12)10(14)11(15)17-2/h5-7,10,14H,3-4H2,1-2H3. The van der Waals surface area contributed by atoms with E-state index in [0.717, 1.165) is 18.4 Å². The van der Waals surface area contributed by atoms with Gasteiger partial charge >= 0.3 is 5.97 Å². The van der Waals surface area contributed by atoms with Crippen molar-refractivity contribution in [1.82, 2.24) is 4.98 Å². The fourth-order valence-corrected chi connectivity index (χ4v) is 1.99. The average molecular weight is 237 g/mol. The van der Waals surface area contributed by atoms with Gasteiger partial charge in [-0.3, -0.25) is 4.98 Å². The van der Waals surface area contributed by atoms with E-state index in [1.807, 2.05) is 0 Å². The number of aromatic nitrogens is 1. The largest absolute Gasteiger partial charge is 0.495 e. The minimum absolute atomic E-state index is 0.547. The van der Waals surface area contributed by atoms with E-state index in [2.05, 4.69) is 9.72 Å². The lowest BCUT2D eigenvalue weighted by Crippen LogP contribution is -2.35. The summed E-state index contributed by atoms with van der Waals surface area (Å²) >= 11 is 0. The van der Waals surface area contributed by atoms with Crippen LogP contribution in [0.25, 0.3) is 0 Å². The van der Waals surface area contributed by atoms with Crippen molar-refractivity contribution in [2.45, 2.75) is 24.4 Å². The van der Waals surface area contributed by atoms with Crippen molar-refractivity contribution in [1.29, 1.82) is 0 Å². The Bertz CT molecular complexity index is 428. The number of pyridine rings is 1. The van der Waals surface area contributed by atoms with Crippen molar-refractivity contribution >= 4 is 5.97 Å². The van der Waals surface area contributed by atoms with Gasteiger partial charge in [-0.1, -0.05) is 0 Å². The molecule has 5 nitrogen and oxygen atoms in total. The first-order chi connectivity index (χ1) is 8.14. The first-order valence-electron chi connectivity index (χ1n) is 5.39. The molecule has 0 spiro atoms. The summed E-state index contributed by atoms with van der Waals surface area (Å²) in [5, 5.41) is 9.98. The van der Waals surface area contributed by atoms with Crippen molar-refractivity contribution in [2.75, 3.05) is 14.2 Å². The highest BCUT2D eigenvalue weighted by Crippen LogP contribution is 2.51. The van der Waals surface area contributed by atoms with Gasteiger partial charge in [0, 0.05) is 11.6 Å². The van der Waals surface area contributed by atoms with E-state index in [9.17, 15) is 9.90 Å². The third-order valence-corrected chi connectivity index (χ3v) is 3.26. The zero-order valence-electron chi connectivity index (χ0n) is 9.84. The number of hydrogen-bond acceptors (Lipinski definition) is 5. The fourth-order valence-electron chi connectivity index (χ4n) is 1.99.